The van der Waals surface area contributed by atoms with Crippen molar-refractivity contribution in [2.24, 2.45) is 23.3 Å². The topological polar surface area (TPSA) is 214 Å². The van der Waals surface area contributed by atoms with Gasteiger partial charge in [0.15, 0.2) is 0 Å². The Morgan fingerprint density at radius 3 is 1.78 bits per heavy atom. The minimum Gasteiger partial charge on any atom is -0.481 e. The molecule has 0 heterocycles. The Morgan fingerprint density at radius 1 is 0.781 bits per heavy atom. The number of aliphatic carboxylic acids is 2. The number of hydrogen-bond acceptors (Lipinski definition) is 7. The summed E-state index contributed by atoms with van der Waals surface area (Å²) in [4.78, 5) is 60.0. The summed E-state index contributed by atoms with van der Waals surface area (Å²) in [6.45, 7) is 7.31. The van der Waals surface area contributed by atoms with E-state index < -0.39 is 60.2 Å². The maximum absolute atomic E-state index is 12.9. The quantitative estimate of drug-likeness (QED) is 0.146. The number of nitrogens with two attached hydrogens (primary N) is 2. The van der Waals surface area contributed by atoms with E-state index in [2.05, 4.69) is 16.0 Å². The molecule has 0 aliphatic rings. The highest BCUT2D eigenvalue weighted by Gasteiger charge is 2.32. The molecule has 12 heteroatoms. The zero-order chi connectivity index (χ0) is 25.0. The molecular formula is C20H37N5O7. The second-order valence-electron chi connectivity index (χ2n) is 8.34. The minimum atomic E-state index is -1.65. The Morgan fingerprint density at radius 2 is 1.34 bits per heavy atom. The Kier molecular flexibility index (Phi) is 13.1. The van der Waals surface area contributed by atoms with Crippen molar-refractivity contribution in [1.82, 2.24) is 16.0 Å². The van der Waals surface area contributed by atoms with Gasteiger partial charge in [-0.05, 0) is 37.6 Å². The zero-order valence-corrected chi connectivity index (χ0v) is 19.1. The molecular weight excluding hydrogens is 422 g/mol. The van der Waals surface area contributed by atoms with Crippen LogP contribution in [0.1, 0.15) is 53.4 Å². The van der Waals surface area contributed by atoms with Gasteiger partial charge in [0.05, 0.1) is 12.5 Å². The van der Waals surface area contributed by atoms with Crippen molar-refractivity contribution in [3.63, 3.8) is 0 Å². The van der Waals surface area contributed by atoms with E-state index in [1.165, 1.54) is 0 Å². The predicted molar refractivity (Wildman–Crippen MR) is 116 cm³/mol. The molecule has 0 saturated carbocycles. The third kappa shape index (κ3) is 10.5. The van der Waals surface area contributed by atoms with Crippen molar-refractivity contribution in [3.05, 3.63) is 0 Å². The lowest BCUT2D eigenvalue weighted by atomic mass is 9.99. The van der Waals surface area contributed by atoms with E-state index in [0.717, 1.165) is 0 Å². The number of unbranched alkanes of at least 4 members (excludes halogenated alkanes) is 1. The zero-order valence-electron chi connectivity index (χ0n) is 19.1. The smallest absolute Gasteiger partial charge is 0.326 e. The molecule has 32 heavy (non-hydrogen) atoms. The normalized spacial score (nSPS) is 14.9. The Hall–Kier alpha value is -2.73. The van der Waals surface area contributed by atoms with Crippen molar-refractivity contribution < 1.29 is 34.2 Å². The molecule has 0 aromatic carbocycles. The van der Waals surface area contributed by atoms with Crippen LogP contribution in [0.5, 0.6) is 0 Å². The molecule has 3 amide bonds. The number of hydrogen-bond donors (Lipinski definition) is 7. The van der Waals surface area contributed by atoms with Gasteiger partial charge in [-0.2, -0.15) is 0 Å². The van der Waals surface area contributed by atoms with E-state index >= 15 is 0 Å². The van der Waals surface area contributed by atoms with Crippen LogP contribution in [-0.4, -0.2) is 70.6 Å². The van der Waals surface area contributed by atoms with E-state index in [0.29, 0.717) is 19.4 Å². The largest absolute Gasteiger partial charge is 0.481 e. The lowest BCUT2D eigenvalue weighted by molar-refractivity contribution is -0.147. The summed E-state index contributed by atoms with van der Waals surface area (Å²) < 4.78 is 0. The molecule has 0 bridgehead atoms. The molecule has 4 atom stereocenters. The molecule has 0 spiro atoms. The van der Waals surface area contributed by atoms with Gasteiger partial charge >= 0.3 is 11.9 Å². The average molecular weight is 460 g/mol. The summed E-state index contributed by atoms with van der Waals surface area (Å²) in [5, 5.41) is 25.3. The molecule has 4 unspecified atom stereocenters. The van der Waals surface area contributed by atoms with Gasteiger partial charge in [0.25, 0.3) is 0 Å². The molecule has 0 aliphatic heterocycles. The second kappa shape index (κ2) is 14.4. The van der Waals surface area contributed by atoms with Gasteiger partial charge in [-0.3, -0.25) is 19.2 Å². The molecule has 0 saturated heterocycles. The van der Waals surface area contributed by atoms with Crippen molar-refractivity contribution >= 4 is 29.7 Å². The summed E-state index contributed by atoms with van der Waals surface area (Å²) in [5.74, 6) is -5.37. The van der Waals surface area contributed by atoms with Crippen molar-refractivity contribution in [1.29, 1.82) is 0 Å². The number of nitrogens with one attached hydrogen (secondary N) is 3. The third-order valence-electron chi connectivity index (χ3n) is 4.84. The van der Waals surface area contributed by atoms with E-state index in [1.807, 2.05) is 0 Å². The van der Waals surface area contributed by atoms with Gasteiger partial charge < -0.3 is 37.6 Å². The molecule has 0 fully saturated rings. The molecule has 184 valence electrons. The van der Waals surface area contributed by atoms with Gasteiger partial charge in [0.2, 0.25) is 17.7 Å². The molecule has 12 nitrogen and oxygen atoms in total. The summed E-state index contributed by atoms with van der Waals surface area (Å²) in [7, 11) is 0. The van der Waals surface area contributed by atoms with Gasteiger partial charge in [0, 0.05) is 0 Å². The summed E-state index contributed by atoms with van der Waals surface area (Å²) in [6.07, 6.45) is 0.355. The fourth-order valence-electron chi connectivity index (χ4n) is 2.76. The highest BCUT2D eigenvalue weighted by atomic mass is 16.4. The fourth-order valence-corrected chi connectivity index (χ4v) is 2.76. The standard InChI is InChI=1S/C20H37N5O7/c1-10(2)15(22)18(29)25-16(11(3)4)19(30)23-12(7-5-6-8-21)17(28)24-13(20(31)32)9-14(26)27/h10-13,15-16H,5-9,21-22H2,1-4H3,(H,23,30)(H,24,28)(H,25,29)(H,26,27)(H,31,32). The predicted octanol–water partition coefficient (Wildman–Crippen LogP) is -1.23. The monoisotopic (exact) mass is 459 g/mol. The lowest BCUT2D eigenvalue weighted by Crippen LogP contribution is -2.58. The third-order valence-corrected chi connectivity index (χ3v) is 4.84. The summed E-state index contributed by atoms with van der Waals surface area (Å²) in [5.41, 5.74) is 11.3. The Balaban J connectivity index is 5.47. The van der Waals surface area contributed by atoms with Crippen LogP contribution < -0.4 is 27.4 Å². The van der Waals surface area contributed by atoms with Gasteiger partial charge in [-0.25, -0.2) is 4.79 Å². The highest BCUT2D eigenvalue weighted by Crippen LogP contribution is 2.08. The molecule has 0 aliphatic carbocycles. The molecule has 0 radical (unpaired) electrons. The van der Waals surface area contributed by atoms with Gasteiger partial charge in [0.1, 0.15) is 18.1 Å². The number of carbonyl (C=O) groups is 5. The van der Waals surface area contributed by atoms with E-state index in [1.54, 1.807) is 27.7 Å². The maximum atomic E-state index is 12.9. The van der Waals surface area contributed by atoms with Crippen LogP contribution in [0.3, 0.4) is 0 Å². The molecule has 0 aromatic rings. The van der Waals surface area contributed by atoms with Crippen molar-refractivity contribution in [2.75, 3.05) is 6.54 Å². The first-order valence-corrected chi connectivity index (χ1v) is 10.6. The van der Waals surface area contributed by atoms with E-state index in [-0.39, 0.29) is 18.3 Å². The number of carbonyl (C=O) groups excluding carboxylic acids is 3. The van der Waals surface area contributed by atoms with Gasteiger partial charge in [-0.15, -0.1) is 0 Å². The molecule has 0 aromatic heterocycles. The van der Waals surface area contributed by atoms with Crippen LogP contribution >= 0.6 is 0 Å². The lowest BCUT2D eigenvalue weighted by Gasteiger charge is -2.27. The molecule has 9 N–H and O–H groups in total. The van der Waals surface area contributed by atoms with Crippen LogP contribution in [-0.2, 0) is 24.0 Å². The maximum Gasteiger partial charge on any atom is 0.326 e. The SMILES string of the molecule is CC(C)C(N)C(=O)NC(C(=O)NC(CCCCN)C(=O)NC(CC(=O)O)C(=O)O)C(C)C. The van der Waals surface area contributed by atoms with Crippen LogP contribution in [0, 0.1) is 11.8 Å². The summed E-state index contributed by atoms with van der Waals surface area (Å²) in [6, 6.07) is -4.59. The summed E-state index contributed by atoms with van der Waals surface area (Å²) >= 11 is 0. The first-order chi connectivity index (χ1) is 14.8. The van der Waals surface area contributed by atoms with E-state index in [9.17, 15) is 24.0 Å². The number of carboxylic acid groups (broad SMARTS) is 2. The Bertz CT molecular complexity index is 669. The van der Waals surface area contributed by atoms with Crippen molar-refractivity contribution in [3.8, 4) is 0 Å². The fraction of sp³-hybridized carbons (Fsp3) is 0.750. The second-order valence-corrected chi connectivity index (χ2v) is 8.34. The molecule has 0 rings (SSSR count). The highest BCUT2D eigenvalue weighted by molar-refractivity contribution is 5.94. The van der Waals surface area contributed by atoms with Crippen LogP contribution in [0.2, 0.25) is 0 Å². The number of amides is 3. The first-order valence-electron chi connectivity index (χ1n) is 10.6. The number of rotatable bonds is 15. The number of carboxylic acids is 2. The van der Waals surface area contributed by atoms with Crippen LogP contribution in [0.4, 0.5) is 0 Å². The average Bonchev–Trinajstić information content (AvgIpc) is 2.68. The first kappa shape index (κ1) is 29.3. The van der Waals surface area contributed by atoms with Crippen LogP contribution in [0.25, 0.3) is 0 Å². The van der Waals surface area contributed by atoms with Crippen LogP contribution in [0.15, 0.2) is 0 Å². The van der Waals surface area contributed by atoms with Crippen molar-refractivity contribution in [2.45, 2.75) is 77.5 Å². The Labute approximate surface area is 187 Å². The minimum absolute atomic E-state index is 0.150. The van der Waals surface area contributed by atoms with Gasteiger partial charge in [-0.1, -0.05) is 27.7 Å². The van der Waals surface area contributed by atoms with E-state index in [4.69, 9.17) is 21.7 Å².